The molecule has 1 saturated carbocycles. The van der Waals surface area contributed by atoms with Crippen LogP contribution < -0.4 is 10.1 Å². The topological polar surface area (TPSA) is 102 Å². The zero-order valence-corrected chi connectivity index (χ0v) is 12.1. The highest BCUT2D eigenvalue weighted by Gasteiger charge is 2.45. The molecule has 1 aliphatic rings. The van der Waals surface area contributed by atoms with Crippen LogP contribution in [0.1, 0.15) is 19.3 Å². The Morgan fingerprint density at radius 2 is 2.33 bits per heavy atom. The lowest BCUT2D eigenvalue weighted by atomic mass is 9.98. The van der Waals surface area contributed by atoms with Crippen molar-refractivity contribution in [2.45, 2.75) is 30.9 Å². The number of halogens is 1. The number of carbonyl (C=O) groups is 1. The van der Waals surface area contributed by atoms with E-state index in [2.05, 4.69) is 5.32 Å². The van der Waals surface area contributed by atoms with Crippen molar-refractivity contribution in [1.29, 1.82) is 0 Å². The zero-order valence-electron chi connectivity index (χ0n) is 11.3. The summed E-state index contributed by atoms with van der Waals surface area (Å²) in [5, 5.41) is 22.9. The van der Waals surface area contributed by atoms with Gasteiger partial charge in [0.15, 0.2) is 0 Å². The maximum atomic E-state index is 11.3. The number of aliphatic carboxylic acids is 1. The normalized spacial score (nSPS) is 24.8. The summed E-state index contributed by atoms with van der Waals surface area (Å²) in [4.78, 5) is 21.4. The minimum Gasteiger partial charge on any atom is -0.489 e. The molecule has 1 aliphatic carbocycles. The summed E-state index contributed by atoms with van der Waals surface area (Å²) >= 11 is 5.96. The molecule has 0 saturated heterocycles. The number of nitro groups is 1. The fourth-order valence-electron chi connectivity index (χ4n) is 2.51. The summed E-state index contributed by atoms with van der Waals surface area (Å²) < 4.78 is 5.69. The van der Waals surface area contributed by atoms with Gasteiger partial charge in [0.25, 0.3) is 5.69 Å². The van der Waals surface area contributed by atoms with Gasteiger partial charge in [-0.25, -0.2) is 0 Å². The monoisotopic (exact) mass is 314 g/mol. The van der Waals surface area contributed by atoms with E-state index in [9.17, 15) is 20.0 Å². The maximum Gasteiger partial charge on any atom is 0.324 e. The van der Waals surface area contributed by atoms with Crippen molar-refractivity contribution in [2.24, 2.45) is 0 Å². The van der Waals surface area contributed by atoms with Gasteiger partial charge in [-0.3, -0.25) is 14.9 Å². The Hall–Kier alpha value is -1.86. The van der Waals surface area contributed by atoms with Crippen LogP contribution in [0.3, 0.4) is 0 Å². The molecule has 21 heavy (non-hydrogen) atoms. The van der Waals surface area contributed by atoms with Crippen LogP contribution >= 0.6 is 11.6 Å². The number of rotatable bonds is 5. The first-order chi connectivity index (χ1) is 9.88. The van der Waals surface area contributed by atoms with Crippen LogP contribution in [-0.4, -0.2) is 34.7 Å². The average molecular weight is 315 g/mol. The quantitative estimate of drug-likeness (QED) is 0.638. The smallest absolute Gasteiger partial charge is 0.324 e. The van der Waals surface area contributed by atoms with Crippen LogP contribution in [0.15, 0.2) is 18.2 Å². The van der Waals surface area contributed by atoms with Gasteiger partial charge in [0.1, 0.15) is 17.4 Å². The number of carboxylic acid groups (broad SMARTS) is 1. The fraction of sp³-hybridized carbons (Fsp3) is 0.462. The zero-order chi connectivity index (χ0) is 15.6. The lowest BCUT2D eigenvalue weighted by Crippen LogP contribution is -2.48. The lowest BCUT2D eigenvalue weighted by Gasteiger charge is -2.23. The predicted octanol–water partition coefficient (Wildman–Crippen LogP) is 2.22. The molecule has 1 fully saturated rings. The van der Waals surface area contributed by atoms with Crippen LogP contribution in [-0.2, 0) is 4.79 Å². The number of nitrogens with zero attached hydrogens (tertiary/aromatic N) is 1. The number of hydrogen-bond acceptors (Lipinski definition) is 5. The molecule has 7 nitrogen and oxygen atoms in total. The summed E-state index contributed by atoms with van der Waals surface area (Å²) in [6.07, 6.45) is 1.04. The Morgan fingerprint density at radius 1 is 1.62 bits per heavy atom. The van der Waals surface area contributed by atoms with E-state index < -0.39 is 16.4 Å². The molecular weight excluding hydrogens is 300 g/mol. The van der Waals surface area contributed by atoms with E-state index in [0.29, 0.717) is 25.0 Å². The van der Waals surface area contributed by atoms with Crippen molar-refractivity contribution in [2.75, 3.05) is 7.05 Å². The van der Waals surface area contributed by atoms with Gasteiger partial charge < -0.3 is 15.2 Å². The van der Waals surface area contributed by atoms with Crippen molar-refractivity contribution < 1.29 is 19.6 Å². The Bertz CT molecular complexity index is 580. The van der Waals surface area contributed by atoms with E-state index in [0.717, 1.165) is 0 Å². The van der Waals surface area contributed by atoms with E-state index in [4.69, 9.17) is 16.3 Å². The van der Waals surface area contributed by atoms with Gasteiger partial charge in [0.2, 0.25) is 0 Å². The molecule has 1 aromatic rings. The molecule has 114 valence electrons. The van der Waals surface area contributed by atoms with Crippen molar-refractivity contribution in [3.05, 3.63) is 33.3 Å². The van der Waals surface area contributed by atoms with Crippen molar-refractivity contribution in [1.82, 2.24) is 5.32 Å². The van der Waals surface area contributed by atoms with Crippen LogP contribution in [0.2, 0.25) is 5.02 Å². The van der Waals surface area contributed by atoms with Gasteiger partial charge in [-0.15, -0.1) is 0 Å². The van der Waals surface area contributed by atoms with Crippen LogP contribution in [0.4, 0.5) is 5.69 Å². The SMILES string of the molecule is CNC1(C(=O)O)CCC(Oc2ccc([N+](=O)[O-])cc2Cl)C1. The Labute approximate surface area is 126 Å². The third-order valence-corrected chi connectivity index (χ3v) is 4.07. The second-order valence-corrected chi connectivity index (χ2v) is 5.40. The predicted molar refractivity (Wildman–Crippen MR) is 75.8 cm³/mol. The Morgan fingerprint density at radius 3 is 2.81 bits per heavy atom. The van der Waals surface area contributed by atoms with Gasteiger partial charge in [0, 0.05) is 18.6 Å². The summed E-state index contributed by atoms with van der Waals surface area (Å²) in [5.74, 6) is -0.588. The number of ether oxygens (including phenoxy) is 1. The van der Waals surface area contributed by atoms with E-state index in [1.54, 1.807) is 7.05 Å². The third kappa shape index (κ3) is 3.08. The highest BCUT2D eigenvalue weighted by molar-refractivity contribution is 6.32. The van der Waals surface area contributed by atoms with E-state index >= 15 is 0 Å². The third-order valence-electron chi connectivity index (χ3n) is 3.78. The van der Waals surface area contributed by atoms with Crippen LogP contribution in [0, 0.1) is 10.1 Å². The van der Waals surface area contributed by atoms with Gasteiger partial charge in [0.05, 0.1) is 9.95 Å². The van der Waals surface area contributed by atoms with Crippen molar-refractivity contribution in [3.8, 4) is 5.75 Å². The molecule has 0 radical (unpaired) electrons. The molecule has 0 aromatic heterocycles. The largest absolute Gasteiger partial charge is 0.489 e. The molecule has 2 rings (SSSR count). The van der Waals surface area contributed by atoms with Crippen LogP contribution in [0.5, 0.6) is 5.75 Å². The number of nitrogens with one attached hydrogen (secondary N) is 1. The standard InChI is InChI=1S/C13H15ClN2O5/c1-15-13(12(17)18)5-4-9(7-13)21-11-3-2-8(16(19)20)6-10(11)14/h2-3,6,9,15H,4-5,7H2,1H3,(H,17,18). The number of hydrogen-bond donors (Lipinski definition) is 2. The first-order valence-corrected chi connectivity index (χ1v) is 6.78. The summed E-state index contributed by atoms with van der Waals surface area (Å²) in [7, 11) is 1.61. The second kappa shape index (κ2) is 5.87. The highest BCUT2D eigenvalue weighted by Crippen LogP contribution is 2.36. The fourth-order valence-corrected chi connectivity index (χ4v) is 2.73. The number of carboxylic acids is 1. The average Bonchev–Trinajstić information content (AvgIpc) is 2.85. The van der Waals surface area contributed by atoms with E-state index in [-0.39, 0.29) is 16.8 Å². The van der Waals surface area contributed by atoms with Gasteiger partial charge in [-0.1, -0.05) is 11.6 Å². The summed E-state index contributed by atoms with van der Waals surface area (Å²) in [6, 6.07) is 3.95. The first-order valence-electron chi connectivity index (χ1n) is 6.41. The molecule has 0 heterocycles. The minimum absolute atomic E-state index is 0.117. The maximum absolute atomic E-state index is 11.3. The highest BCUT2D eigenvalue weighted by atomic mass is 35.5. The van der Waals surface area contributed by atoms with Gasteiger partial charge >= 0.3 is 5.97 Å². The first kappa shape index (κ1) is 15.5. The molecular formula is C13H15ClN2O5. The van der Waals surface area contributed by atoms with E-state index in [1.807, 2.05) is 0 Å². The number of likely N-dealkylation sites (N-methyl/N-ethyl adjacent to an activating group) is 1. The van der Waals surface area contributed by atoms with E-state index in [1.165, 1.54) is 18.2 Å². The van der Waals surface area contributed by atoms with Crippen molar-refractivity contribution in [3.63, 3.8) is 0 Å². The van der Waals surface area contributed by atoms with Gasteiger partial charge in [-0.2, -0.15) is 0 Å². The molecule has 2 unspecified atom stereocenters. The molecule has 0 bridgehead atoms. The molecule has 2 atom stereocenters. The Balaban J connectivity index is 2.10. The van der Waals surface area contributed by atoms with Crippen molar-refractivity contribution >= 4 is 23.3 Å². The molecule has 0 amide bonds. The Kier molecular flexibility index (Phi) is 4.34. The minimum atomic E-state index is -0.988. The lowest BCUT2D eigenvalue weighted by molar-refractivity contribution is -0.384. The number of non-ortho nitro benzene ring substituents is 1. The number of benzene rings is 1. The summed E-state index contributed by atoms with van der Waals surface area (Å²) in [6.45, 7) is 0. The molecule has 2 N–H and O–H groups in total. The molecule has 8 heteroatoms. The second-order valence-electron chi connectivity index (χ2n) is 4.99. The number of nitro benzene ring substituents is 1. The molecule has 0 spiro atoms. The summed E-state index contributed by atoms with van der Waals surface area (Å²) in [5.41, 5.74) is -1.10. The molecule has 0 aliphatic heterocycles. The van der Waals surface area contributed by atoms with Crippen LogP contribution in [0.25, 0.3) is 0 Å². The molecule has 1 aromatic carbocycles. The van der Waals surface area contributed by atoms with Gasteiger partial charge in [-0.05, 0) is 26.0 Å².